The minimum absolute atomic E-state index is 0.0307. The lowest BCUT2D eigenvalue weighted by atomic mass is 9.92. The number of nitrogens with one attached hydrogen (secondary N) is 1. The van der Waals surface area contributed by atoms with Gasteiger partial charge in [-0.2, -0.15) is 0 Å². The van der Waals surface area contributed by atoms with Gasteiger partial charge in [0.1, 0.15) is 12.1 Å². The number of nitrogens with zero attached hydrogens (tertiary/aromatic N) is 2. The van der Waals surface area contributed by atoms with Crippen LogP contribution in [0.4, 0.5) is 4.79 Å². The van der Waals surface area contributed by atoms with Gasteiger partial charge < -0.3 is 10.2 Å². The summed E-state index contributed by atoms with van der Waals surface area (Å²) in [5.41, 5.74) is -0.930. The number of hydrogen-bond donors (Lipinski definition) is 1. The van der Waals surface area contributed by atoms with Crippen LogP contribution in [0.2, 0.25) is 5.02 Å². The van der Waals surface area contributed by atoms with E-state index in [2.05, 4.69) is 5.32 Å². The number of sulfone groups is 1. The van der Waals surface area contributed by atoms with Gasteiger partial charge in [-0.15, -0.1) is 0 Å². The van der Waals surface area contributed by atoms with E-state index in [0.717, 1.165) is 4.90 Å². The molecule has 0 radical (unpaired) electrons. The molecule has 0 aliphatic carbocycles. The van der Waals surface area contributed by atoms with E-state index in [1.807, 2.05) is 0 Å². The van der Waals surface area contributed by atoms with Gasteiger partial charge in [-0.05, 0) is 19.4 Å². The van der Waals surface area contributed by atoms with Crippen LogP contribution in [0.5, 0.6) is 0 Å². The lowest BCUT2D eigenvalue weighted by Gasteiger charge is -2.26. The molecular formula is C17H20ClN3O5S. The zero-order chi connectivity index (χ0) is 20.0. The lowest BCUT2D eigenvalue weighted by Crippen LogP contribution is -2.46. The number of likely N-dealkylation sites (N-methyl/N-ethyl adjacent to an activating group) is 1. The summed E-state index contributed by atoms with van der Waals surface area (Å²) < 4.78 is 23.2. The second-order valence-corrected chi connectivity index (χ2v) is 9.62. The van der Waals surface area contributed by atoms with Gasteiger partial charge >= 0.3 is 6.03 Å². The molecule has 1 aromatic rings. The molecular weight excluding hydrogens is 394 g/mol. The van der Waals surface area contributed by atoms with Gasteiger partial charge in [-0.25, -0.2) is 13.2 Å². The van der Waals surface area contributed by atoms with Crippen molar-refractivity contribution in [1.82, 2.24) is 15.1 Å². The van der Waals surface area contributed by atoms with Crippen molar-refractivity contribution in [3.8, 4) is 0 Å². The second kappa shape index (κ2) is 6.79. The first-order chi connectivity index (χ1) is 12.5. The van der Waals surface area contributed by atoms with E-state index >= 15 is 0 Å². The van der Waals surface area contributed by atoms with Gasteiger partial charge in [0, 0.05) is 23.7 Å². The summed E-state index contributed by atoms with van der Waals surface area (Å²) in [4.78, 5) is 39.9. The highest BCUT2D eigenvalue weighted by Crippen LogP contribution is 2.33. The molecule has 2 heterocycles. The Morgan fingerprint density at radius 2 is 2.04 bits per heavy atom. The van der Waals surface area contributed by atoms with Crippen LogP contribution in [0, 0.1) is 0 Å². The molecule has 4 amide bonds. The molecule has 2 aliphatic rings. The third-order valence-electron chi connectivity index (χ3n) is 5.13. The fraction of sp³-hybridized carbons (Fsp3) is 0.471. The number of hydrogen-bond acceptors (Lipinski definition) is 5. The van der Waals surface area contributed by atoms with Gasteiger partial charge in [0.2, 0.25) is 5.91 Å². The van der Waals surface area contributed by atoms with Crippen LogP contribution in [-0.4, -0.2) is 67.2 Å². The number of urea groups is 1. The minimum Gasteiger partial charge on any atom is -0.340 e. The van der Waals surface area contributed by atoms with E-state index in [1.165, 1.54) is 18.9 Å². The van der Waals surface area contributed by atoms with Crippen molar-refractivity contribution in [1.29, 1.82) is 0 Å². The van der Waals surface area contributed by atoms with Gasteiger partial charge in [-0.1, -0.05) is 29.8 Å². The molecule has 2 atom stereocenters. The molecule has 0 bridgehead atoms. The van der Waals surface area contributed by atoms with E-state index in [1.54, 1.807) is 24.3 Å². The first-order valence-electron chi connectivity index (χ1n) is 8.40. The maximum Gasteiger partial charge on any atom is 0.325 e. The Bertz CT molecular complexity index is 919. The average Bonchev–Trinajstić information content (AvgIpc) is 3.07. The Morgan fingerprint density at radius 3 is 2.63 bits per heavy atom. The first kappa shape index (κ1) is 19.6. The van der Waals surface area contributed by atoms with Crippen molar-refractivity contribution in [2.75, 3.05) is 25.1 Å². The molecule has 0 aromatic heterocycles. The van der Waals surface area contributed by atoms with Crippen LogP contribution in [0.25, 0.3) is 0 Å². The molecule has 8 nitrogen and oxygen atoms in total. The Labute approximate surface area is 162 Å². The van der Waals surface area contributed by atoms with Gasteiger partial charge in [0.05, 0.1) is 11.5 Å². The van der Waals surface area contributed by atoms with Crippen molar-refractivity contribution < 1.29 is 22.8 Å². The normalized spacial score (nSPS) is 26.9. The Balaban J connectivity index is 1.76. The summed E-state index contributed by atoms with van der Waals surface area (Å²) in [6, 6.07) is 5.53. The van der Waals surface area contributed by atoms with E-state index in [0.29, 0.717) is 17.0 Å². The highest BCUT2D eigenvalue weighted by atomic mass is 35.5. The van der Waals surface area contributed by atoms with Crippen molar-refractivity contribution in [3.63, 3.8) is 0 Å². The van der Waals surface area contributed by atoms with E-state index in [4.69, 9.17) is 11.6 Å². The molecule has 1 aromatic carbocycles. The maximum absolute atomic E-state index is 12.9. The molecule has 146 valence electrons. The molecule has 27 heavy (non-hydrogen) atoms. The third-order valence-corrected chi connectivity index (χ3v) is 7.21. The summed E-state index contributed by atoms with van der Waals surface area (Å²) >= 11 is 6.17. The van der Waals surface area contributed by atoms with Crippen LogP contribution >= 0.6 is 11.6 Å². The number of imide groups is 1. The minimum atomic E-state index is -3.15. The van der Waals surface area contributed by atoms with E-state index < -0.39 is 45.8 Å². The zero-order valence-corrected chi connectivity index (χ0v) is 16.5. The second-order valence-electron chi connectivity index (χ2n) is 6.99. The molecule has 2 saturated heterocycles. The zero-order valence-electron chi connectivity index (χ0n) is 14.9. The lowest BCUT2D eigenvalue weighted by molar-refractivity contribution is -0.139. The van der Waals surface area contributed by atoms with Gasteiger partial charge in [0.25, 0.3) is 5.91 Å². The average molecular weight is 414 g/mol. The van der Waals surface area contributed by atoms with Crippen LogP contribution in [0.3, 0.4) is 0 Å². The van der Waals surface area contributed by atoms with Crippen molar-refractivity contribution in [2.24, 2.45) is 0 Å². The quantitative estimate of drug-likeness (QED) is 0.733. The van der Waals surface area contributed by atoms with Crippen LogP contribution in [0.1, 0.15) is 18.9 Å². The molecule has 2 aliphatic heterocycles. The number of carbonyl (C=O) groups is 3. The monoisotopic (exact) mass is 413 g/mol. The smallest absolute Gasteiger partial charge is 0.325 e. The highest BCUT2D eigenvalue weighted by Gasteiger charge is 2.50. The number of amides is 4. The van der Waals surface area contributed by atoms with E-state index in [9.17, 15) is 22.8 Å². The number of benzene rings is 1. The molecule has 0 spiro atoms. The summed E-state index contributed by atoms with van der Waals surface area (Å²) in [5, 5.41) is 2.93. The molecule has 2 fully saturated rings. The largest absolute Gasteiger partial charge is 0.340 e. The SMILES string of the molecule is CN(C(=O)CN1C(=O)N[C@](C)(c2ccccc2Cl)C1=O)[C@@H]1CCS(=O)(=O)C1. The number of halogens is 1. The fourth-order valence-electron chi connectivity index (χ4n) is 3.42. The van der Waals surface area contributed by atoms with Gasteiger partial charge in [-0.3, -0.25) is 14.5 Å². The number of carbonyl (C=O) groups excluding carboxylic acids is 3. The van der Waals surface area contributed by atoms with Crippen molar-refractivity contribution >= 4 is 39.3 Å². The summed E-state index contributed by atoms with van der Waals surface area (Å²) in [7, 11) is -1.66. The standard InChI is InChI=1S/C17H20ClN3O5S/c1-17(12-5-3-4-6-13(12)18)15(23)21(16(24)19-17)9-14(22)20(2)11-7-8-27(25,26)10-11/h3-6,11H,7-10H2,1-2H3,(H,19,24)/t11-,17-/m1/s1. The maximum atomic E-state index is 12.9. The molecule has 10 heteroatoms. The number of rotatable bonds is 4. The Hall–Kier alpha value is -2.13. The first-order valence-corrected chi connectivity index (χ1v) is 10.6. The Morgan fingerprint density at radius 1 is 1.37 bits per heavy atom. The topological polar surface area (TPSA) is 104 Å². The van der Waals surface area contributed by atoms with Crippen molar-refractivity contribution in [2.45, 2.75) is 24.9 Å². The fourth-order valence-corrected chi connectivity index (χ4v) is 5.52. The molecule has 3 rings (SSSR count). The summed E-state index contributed by atoms with van der Waals surface area (Å²) in [6.07, 6.45) is 0.349. The van der Waals surface area contributed by atoms with E-state index in [-0.39, 0.29) is 11.5 Å². The predicted octanol–water partition coefficient (Wildman–Crippen LogP) is 0.752. The molecule has 0 saturated carbocycles. The van der Waals surface area contributed by atoms with Crippen LogP contribution in [0.15, 0.2) is 24.3 Å². The summed E-state index contributed by atoms with van der Waals surface area (Å²) in [6.45, 7) is 1.07. The summed E-state index contributed by atoms with van der Waals surface area (Å²) in [5.74, 6) is -1.15. The molecule has 0 unspecified atom stereocenters. The van der Waals surface area contributed by atoms with Crippen molar-refractivity contribution in [3.05, 3.63) is 34.9 Å². The third kappa shape index (κ3) is 3.53. The van der Waals surface area contributed by atoms with Crippen LogP contribution < -0.4 is 5.32 Å². The van der Waals surface area contributed by atoms with Gasteiger partial charge in [0.15, 0.2) is 9.84 Å². The highest BCUT2D eigenvalue weighted by molar-refractivity contribution is 7.91. The van der Waals surface area contributed by atoms with Crippen LogP contribution in [-0.2, 0) is 25.0 Å². The predicted molar refractivity (Wildman–Crippen MR) is 98.9 cm³/mol. The molecule has 1 N–H and O–H groups in total. The Kier molecular flexibility index (Phi) is 4.94.